The van der Waals surface area contributed by atoms with Gasteiger partial charge in [0.15, 0.2) is 5.96 Å². The maximum Gasteiger partial charge on any atom is 0.222 e. The summed E-state index contributed by atoms with van der Waals surface area (Å²) in [5.41, 5.74) is 6.15. The van der Waals surface area contributed by atoms with Crippen LogP contribution >= 0.6 is 24.0 Å². The summed E-state index contributed by atoms with van der Waals surface area (Å²) in [4.78, 5) is 21.1. The molecule has 2 saturated heterocycles. The van der Waals surface area contributed by atoms with Gasteiger partial charge in [-0.3, -0.25) is 4.79 Å². The number of morpholine rings is 1. The molecule has 4 rings (SSSR count). The van der Waals surface area contributed by atoms with Gasteiger partial charge in [-0.05, 0) is 49.4 Å². The summed E-state index contributed by atoms with van der Waals surface area (Å²) < 4.78 is 6.13. The molecule has 0 saturated carbocycles. The van der Waals surface area contributed by atoms with E-state index < -0.39 is 0 Å². The van der Waals surface area contributed by atoms with Gasteiger partial charge in [0.25, 0.3) is 0 Å². The van der Waals surface area contributed by atoms with Gasteiger partial charge in [-0.2, -0.15) is 0 Å². The minimum absolute atomic E-state index is 0. The zero-order valence-corrected chi connectivity index (χ0v) is 22.9. The number of ether oxygens (including phenoxy) is 1. The van der Waals surface area contributed by atoms with Crippen molar-refractivity contribution in [2.45, 2.75) is 52.8 Å². The fraction of sp³-hybridized carbons (Fsp3) is 0.481. The number of halogens is 1. The summed E-state index contributed by atoms with van der Waals surface area (Å²) in [5, 5.41) is 3.46. The number of carbonyl (C=O) groups is 1. The van der Waals surface area contributed by atoms with Crippen LogP contribution in [0, 0.1) is 13.8 Å². The first-order valence-electron chi connectivity index (χ1n) is 12.1. The van der Waals surface area contributed by atoms with Crippen molar-refractivity contribution in [3.8, 4) is 0 Å². The number of guanidine groups is 1. The third kappa shape index (κ3) is 6.72. The monoisotopic (exact) mass is 576 g/mol. The standard InChI is InChI=1S/C27H36N4O2.HI/c1-4-28-27(31-14-15-33-25(19-31)24-12-7-20(2)16-21(24)3)29-17-22-8-10-23(11-9-22)18-30-13-5-6-26(30)32;/h7-12,16,25H,4-6,13-15,17-19H2,1-3H3,(H,28,29);1H. The summed E-state index contributed by atoms with van der Waals surface area (Å²) in [6.07, 6.45) is 1.71. The molecule has 2 aromatic rings. The number of aliphatic imine (C=N–C) groups is 1. The molecule has 2 aromatic carbocycles. The van der Waals surface area contributed by atoms with Gasteiger partial charge in [-0.25, -0.2) is 4.99 Å². The lowest BCUT2D eigenvalue weighted by Gasteiger charge is -2.36. The Morgan fingerprint density at radius 2 is 1.88 bits per heavy atom. The normalized spacial score (nSPS) is 18.7. The summed E-state index contributed by atoms with van der Waals surface area (Å²) in [6, 6.07) is 15.1. The second-order valence-electron chi connectivity index (χ2n) is 9.07. The predicted molar refractivity (Wildman–Crippen MR) is 148 cm³/mol. The molecule has 6 nitrogen and oxygen atoms in total. The van der Waals surface area contributed by atoms with Gasteiger partial charge in [0.2, 0.25) is 5.91 Å². The molecule has 7 heteroatoms. The number of rotatable bonds is 6. The fourth-order valence-electron chi connectivity index (χ4n) is 4.65. The van der Waals surface area contributed by atoms with Crippen LogP contribution in [0.25, 0.3) is 0 Å². The topological polar surface area (TPSA) is 57.2 Å². The van der Waals surface area contributed by atoms with Gasteiger partial charge in [0, 0.05) is 32.6 Å². The van der Waals surface area contributed by atoms with Gasteiger partial charge < -0.3 is 19.9 Å². The molecule has 1 amide bonds. The maximum absolute atomic E-state index is 11.9. The zero-order valence-electron chi connectivity index (χ0n) is 20.5. The fourth-order valence-corrected chi connectivity index (χ4v) is 4.65. The van der Waals surface area contributed by atoms with E-state index in [4.69, 9.17) is 9.73 Å². The third-order valence-electron chi connectivity index (χ3n) is 6.45. The Morgan fingerprint density at radius 1 is 1.12 bits per heavy atom. The van der Waals surface area contributed by atoms with Crippen molar-refractivity contribution in [2.24, 2.45) is 4.99 Å². The maximum atomic E-state index is 11.9. The lowest BCUT2D eigenvalue weighted by atomic mass is 10.00. The van der Waals surface area contributed by atoms with Gasteiger partial charge >= 0.3 is 0 Å². The molecule has 0 aromatic heterocycles. The Hall–Kier alpha value is -2.13. The van der Waals surface area contributed by atoms with Crippen LogP contribution in [0.1, 0.15) is 53.7 Å². The smallest absolute Gasteiger partial charge is 0.222 e. The highest BCUT2D eigenvalue weighted by Crippen LogP contribution is 2.26. The van der Waals surface area contributed by atoms with E-state index in [-0.39, 0.29) is 36.0 Å². The van der Waals surface area contributed by atoms with E-state index in [0.717, 1.165) is 38.6 Å². The number of carbonyl (C=O) groups excluding carboxylic acids is 1. The van der Waals surface area contributed by atoms with Crippen molar-refractivity contribution in [1.82, 2.24) is 15.1 Å². The number of nitrogens with one attached hydrogen (secondary N) is 1. The minimum atomic E-state index is 0. The lowest BCUT2D eigenvalue weighted by Crippen LogP contribution is -2.48. The van der Waals surface area contributed by atoms with E-state index in [1.165, 1.54) is 27.8 Å². The van der Waals surface area contributed by atoms with Gasteiger partial charge in [-0.1, -0.05) is 48.0 Å². The average molecular weight is 577 g/mol. The number of aryl methyl sites for hydroxylation is 2. The summed E-state index contributed by atoms with van der Waals surface area (Å²) in [5.74, 6) is 1.20. The molecule has 1 atom stereocenters. The molecule has 2 heterocycles. The Kier molecular flexibility index (Phi) is 9.76. The summed E-state index contributed by atoms with van der Waals surface area (Å²) in [6.45, 7) is 11.7. The van der Waals surface area contributed by atoms with E-state index in [9.17, 15) is 4.79 Å². The predicted octanol–water partition coefficient (Wildman–Crippen LogP) is 4.58. The molecule has 1 N–H and O–H groups in total. The number of hydrogen-bond donors (Lipinski definition) is 1. The van der Waals surface area contributed by atoms with Crippen LogP contribution in [-0.2, 0) is 22.6 Å². The molecule has 184 valence electrons. The van der Waals surface area contributed by atoms with Gasteiger partial charge in [-0.15, -0.1) is 24.0 Å². The highest BCUT2D eigenvalue weighted by Gasteiger charge is 2.25. The first-order chi connectivity index (χ1) is 16.0. The highest BCUT2D eigenvalue weighted by atomic mass is 127. The highest BCUT2D eigenvalue weighted by molar-refractivity contribution is 14.0. The van der Waals surface area contributed by atoms with Crippen LogP contribution in [-0.4, -0.2) is 54.5 Å². The first-order valence-corrected chi connectivity index (χ1v) is 12.1. The second-order valence-corrected chi connectivity index (χ2v) is 9.07. The second kappa shape index (κ2) is 12.5. The van der Waals surface area contributed by atoms with Crippen molar-refractivity contribution in [3.63, 3.8) is 0 Å². The van der Waals surface area contributed by atoms with Crippen LogP contribution in [0.15, 0.2) is 47.5 Å². The molecule has 2 fully saturated rings. The molecule has 1 unspecified atom stereocenters. The molecule has 0 spiro atoms. The van der Waals surface area contributed by atoms with E-state index >= 15 is 0 Å². The first kappa shape index (κ1) is 26.5. The largest absolute Gasteiger partial charge is 0.370 e. The SMILES string of the molecule is CCNC(=NCc1ccc(CN2CCCC2=O)cc1)N1CCOC(c2ccc(C)cc2C)C1.I. The molecule has 0 aliphatic carbocycles. The lowest BCUT2D eigenvalue weighted by molar-refractivity contribution is -0.128. The Balaban J connectivity index is 0.00000324. The molecular formula is C27H37IN4O2. The van der Waals surface area contributed by atoms with Crippen LogP contribution in [0.3, 0.4) is 0 Å². The van der Waals surface area contributed by atoms with Crippen LogP contribution in [0.4, 0.5) is 0 Å². The number of nitrogens with zero attached hydrogens (tertiary/aromatic N) is 3. The van der Waals surface area contributed by atoms with Gasteiger partial charge in [0.05, 0.1) is 19.7 Å². The number of benzene rings is 2. The minimum Gasteiger partial charge on any atom is -0.370 e. The van der Waals surface area contributed by atoms with Crippen LogP contribution < -0.4 is 5.32 Å². The van der Waals surface area contributed by atoms with Crippen molar-refractivity contribution in [2.75, 3.05) is 32.8 Å². The average Bonchev–Trinajstić information content (AvgIpc) is 3.22. The summed E-state index contributed by atoms with van der Waals surface area (Å²) in [7, 11) is 0. The quantitative estimate of drug-likeness (QED) is 0.311. The molecule has 2 aliphatic rings. The molecule has 34 heavy (non-hydrogen) atoms. The third-order valence-corrected chi connectivity index (χ3v) is 6.45. The number of likely N-dealkylation sites (tertiary alicyclic amines) is 1. The molecule has 0 bridgehead atoms. The van der Waals surface area contributed by atoms with Crippen LogP contribution in [0.2, 0.25) is 0 Å². The molecular weight excluding hydrogens is 539 g/mol. The molecule has 2 aliphatic heterocycles. The van der Waals surface area contributed by atoms with Crippen molar-refractivity contribution < 1.29 is 9.53 Å². The van der Waals surface area contributed by atoms with E-state index in [2.05, 4.69) is 73.5 Å². The van der Waals surface area contributed by atoms with Crippen molar-refractivity contribution in [1.29, 1.82) is 0 Å². The summed E-state index contributed by atoms with van der Waals surface area (Å²) >= 11 is 0. The van der Waals surface area contributed by atoms with Gasteiger partial charge in [0.1, 0.15) is 6.10 Å². The van der Waals surface area contributed by atoms with E-state index in [0.29, 0.717) is 26.1 Å². The van der Waals surface area contributed by atoms with E-state index in [1.807, 2.05) is 4.90 Å². The molecule has 0 radical (unpaired) electrons. The van der Waals surface area contributed by atoms with Crippen molar-refractivity contribution in [3.05, 3.63) is 70.3 Å². The number of amides is 1. The Bertz CT molecular complexity index is 993. The number of hydrogen-bond acceptors (Lipinski definition) is 3. The van der Waals surface area contributed by atoms with Crippen LogP contribution in [0.5, 0.6) is 0 Å². The van der Waals surface area contributed by atoms with Crippen molar-refractivity contribution >= 4 is 35.8 Å². The zero-order chi connectivity index (χ0) is 23.2. The Labute approximate surface area is 220 Å². The Morgan fingerprint density at radius 3 is 2.56 bits per heavy atom. The van der Waals surface area contributed by atoms with E-state index in [1.54, 1.807) is 0 Å².